The zero-order chi connectivity index (χ0) is 8.91. The lowest BCUT2D eigenvalue weighted by atomic mass is 10.2. The summed E-state index contributed by atoms with van der Waals surface area (Å²) in [6.45, 7) is 12.3. The maximum atomic E-state index is 5.40. The average molecular weight is 159 g/mol. The van der Waals surface area contributed by atoms with Gasteiger partial charge in [-0.2, -0.15) is 0 Å². The zero-order valence-electron chi connectivity index (χ0n) is 8.18. The van der Waals surface area contributed by atoms with E-state index in [1.165, 1.54) is 0 Å². The lowest BCUT2D eigenvalue weighted by Gasteiger charge is -2.19. The van der Waals surface area contributed by atoms with E-state index in [9.17, 15) is 0 Å². The van der Waals surface area contributed by atoms with Gasteiger partial charge in [-0.15, -0.1) is 0 Å². The zero-order valence-corrected chi connectivity index (χ0v) is 8.18. The Bertz CT molecular complexity index is 92.2. The van der Waals surface area contributed by atoms with Gasteiger partial charge in [0.1, 0.15) is 6.61 Å². The van der Waals surface area contributed by atoms with Crippen LogP contribution in [0.3, 0.4) is 0 Å². The van der Waals surface area contributed by atoms with Gasteiger partial charge < -0.3 is 9.47 Å². The van der Waals surface area contributed by atoms with Crippen LogP contribution in [0.15, 0.2) is 0 Å². The van der Waals surface area contributed by atoms with Crippen molar-refractivity contribution in [3.63, 3.8) is 0 Å². The molecular formula is C9H19O2. The Kier molecular flexibility index (Phi) is 4.69. The molecule has 0 rings (SSSR count). The molecule has 0 bridgehead atoms. The molecule has 0 aromatic heterocycles. The fourth-order valence-corrected chi connectivity index (χ4v) is 0.516. The fraction of sp³-hybridized carbons (Fsp3) is 0.889. The van der Waals surface area contributed by atoms with Gasteiger partial charge in [0.25, 0.3) is 0 Å². The van der Waals surface area contributed by atoms with Crippen molar-refractivity contribution in [1.29, 1.82) is 0 Å². The highest BCUT2D eigenvalue weighted by Crippen LogP contribution is 2.06. The van der Waals surface area contributed by atoms with E-state index < -0.39 is 0 Å². The summed E-state index contributed by atoms with van der Waals surface area (Å²) in [7, 11) is 0. The average Bonchev–Trinajstić information content (AvgIpc) is 1.78. The molecule has 0 heterocycles. The van der Waals surface area contributed by atoms with Gasteiger partial charge >= 0.3 is 0 Å². The number of ether oxygens (including phenoxy) is 2. The Morgan fingerprint density at radius 3 is 2.18 bits per heavy atom. The summed E-state index contributed by atoms with van der Waals surface area (Å²) in [5, 5.41) is 0. The quantitative estimate of drug-likeness (QED) is 0.586. The van der Waals surface area contributed by atoms with Gasteiger partial charge in [0.05, 0.1) is 18.3 Å². The first kappa shape index (κ1) is 10.9. The predicted octanol–water partition coefficient (Wildman–Crippen LogP) is 2.39. The Morgan fingerprint density at radius 2 is 1.82 bits per heavy atom. The van der Waals surface area contributed by atoms with Gasteiger partial charge in [0.15, 0.2) is 0 Å². The van der Waals surface area contributed by atoms with Crippen molar-refractivity contribution in [3.05, 3.63) is 6.61 Å². The first-order chi connectivity index (χ1) is 4.92. The standard InChI is InChI=1S/C9H19O2/c1-8(2)10-6-7-11-9(3,4)5/h6,8H,7H2,1-5H3. The second kappa shape index (κ2) is 4.73. The Labute approximate surface area is 69.9 Å². The second-order valence-corrected chi connectivity index (χ2v) is 3.77. The van der Waals surface area contributed by atoms with E-state index in [0.29, 0.717) is 6.61 Å². The molecule has 2 heteroatoms. The molecule has 0 atom stereocenters. The monoisotopic (exact) mass is 159 g/mol. The maximum absolute atomic E-state index is 5.40. The van der Waals surface area contributed by atoms with Gasteiger partial charge in [-0.25, -0.2) is 0 Å². The van der Waals surface area contributed by atoms with Crippen LogP contribution in [-0.4, -0.2) is 18.3 Å². The molecule has 0 aliphatic heterocycles. The highest BCUT2D eigenvalue weighted by molar-refractivity contribution is 4.61. The van der Waals surface area contributed by atoms with Crippen LogP contribution in [0.5, 0.6) is 0 Å². The fourth-order valence-electron chi connectivity index (χ4n) is 0.516. The van der Waals surface area contributed by atoms with Crippen molar-refractivity contribution in [2.45, 2.75) is 46.3 Å². The molecule has 11 heavy (non-hydrogen) atoms. The van der Waals surface area contributed by atoms with E-state index in [4.69, 9.17) is 9.47 Å². The minimum Gasteiger partial charge on any atom is -0.373 e. The first-order valence-electron chi connectivity index (χ1n) is 4.03. The Balaban J connectivity index is 3.15. The van der Waals surface area contributed by atoms with Gasteiger partial charge in [-0.3, -0.25) is 0 Å². The Morgan fingerprint density at radius 1 is 1.27 bits per heavy atom. The molecule has 0 saturated carbocycles. The molecule has 67 valence electrons. The van der Waals surface area contributed by atoms with Gasteiger partial charge in [-0.05, 0) is 34.6 Å². The van der Waals surface area contributed by atoms with E-state index in [0.717, 1.165) is 0 Å². The van der Waals surface area contributed by atoms with Gasteiger partial charge in [-0.1, -0.05) is 0 Å². The molecule has 0 saturated heterocycles. The smallest absolute Gasteiger partial charge is 0.110 e. The summed E-state index contributed by atoms with van der Waals surface area (Å²) < 4.78 is 10.6. The highest BCUT2D eigenvalue weighted by Gasteiger charge is 2.09. The van der Waals surface area contributed by atoms with Crippen LogP contribution >= 0.6 is 0 Å². The van der Waals surface area contributed by atoms with E-state index in [1.54, 1.807) is 6.61 Å². The van der Waals surface area contributed by atoms with Crippen LogP contribution in [0.2, 0.25) is 0 Å². The molecule has 0 amide bonds. The predicted molar refractivity (Wildman–Crippen MR) is 46.2 cm³/mol. The summed E-state index contributed by atoms with van der Waals surface area (Å²) in [4.78, 5) is 0. The third-order valence-corrected chi connectivity index (χ3v) is 0.953. The van der Waals surface area contributed by atoms with Crippen LogP contribution in [0.4, 0.5) is 0 Å². The van der Waals surface area contributed by atoms with Crippen molar-refractivity contribution in [2.24, 2.45) is 0 Å². The minimum absolute atomic E-state index is 0.0726. The molecule has 0 unspecified atom stereocenters. The van der Waals surface area contributed by atoms with Crippen molar-refractivity contribution in [2.75, 3.05) is 6.61 Å². The largest absolute Gasteiger partial charge is 0.373 e. The second-order valence-electron chi connectivity index (χ2n) is 3.77. The third-order valence-electron chi connectivity index (χ3n) is 0.953. The molecule has 0 fully saturated rings. The lowest BCUT2D eigenvalue weighted by molar-refractivity contribution is -0.0201. The first-order valence-corrected chi connectivity index (χ1v) is 4.03. The molecule has 1 radical (unpaired) electrons. The van der Waals surface area contributed by atoms with E-state index in [2.05, 4.69) is 0 Å². The van der Waals surface area contributed by atoms with Crippen LogP contribution in [0.25, 0.3) is 0 Å². The summed E-state index contributed by atoms with van der Waals surface area (Å²) in [6.07, 6.45) is 0.249. The molecular weight excluding hydrogens is 140 g/mol. The molecule has 0 N–H and O–H groups in total. The lowest BCUT2D eigenvalue weighted by Crippen LogP contribution is -2.20. The Hall–Kier alpha value is -0.0800. The summed E-state index contributed by atoms with van der Waals surface area (Å²) in [5.41, 5.74) is -0.0726. The van der Waals surface area contributed by atoms with E-state index >= 15 is 0 Å². The van der Waals surface area contributed by atoms with Crippen LogP contribution in [-0.2, 0) is 9.47 Å². The van der Waals surface area contributed by atoms with Crippen LogP contribution < -0.4 is 0 Å². The summed E-state index contributed by atoms with van der Waals surface area (Å²) in [5.74, 6) is 0. The molecule has 0 aromatic carbocycles. The molecule has 0 aliphatic rings. The molecule has 0 spiro atoms. The van der Waals surface area contributed by atoms with Crippen LogP contribution in [0.1, 0.15) is 34.6 Å². The van der Waals surface area contributed by atoms with Crippen LogP contribution in [0, 0.1) is 6.61 Å². The maximum Gasteiger partial charge on any atom is 0.110 e. The van der Waals surface area contributed by atoms with Crippen molar-refractivity contribution < 1.29 is 9.47 Å². The van der Waals surface area contributed by atoms with Crippen molar-refractivity contribution in [1.82, 2.24) is 0 Å². The number of rotatable bonds is 4. The van der Waals surface area contributed by atoms with E-state index in [1.807, 2.05) is 34.6 Å². The van der Waals surface area contributed by atoms with Crippen molar-refractivity contribution >= 4 is 0 Å². The summed E-state index contributed by atoms with van der Waals surface area (Å²) >= 11 is 0. The highest BCUT2D eigenvalue weighted by atomic mass is 16.5. The third kappa shape index (κ3) is 9.92. The van der Waals surface area contributed by atoms with Crippen molar-refractivity contribution in [3.8, 4) is 0 Å². The summed E-state index contributed by atoms with van der Waals surface area (Å²) in [6, 6.07) is 0. The SMILES string of the molecule is CC(C)O[CH]COC(C)(C)C. The number of hydrogen-bond donors (Lipinski definition) is 0. The van der Waals surface area contributed by atoms with E-state index in [-0.39, 0.29) is 11.7 Å². The molecule has 2 nitrogen and oxygen atoms in total. The van der Waals surface area contributed by atoms with Gasteiger partial charge in [0, 0.05) is 0 Å². The molecule has 0 aromatic rings. The molecule has 0 aliphatic carbocycles. The number of hydrogen-bond acceptors (Lipinski definition) is 2. The minimum atomic E-state index is -0.0726. The topological polar surface area (TPSA) is 18.5 Å². The normalized spacial score (nSPS) is 12.5. The van der Waals surface area contributed by atoms with Gasteiger partial charge in [0.2, 0.25) is 0 Å².